The van der Waals surface area contributed by atoms with Gasteiger partial charge in [0, 0.05) is 0 Å². The molecule has 5 nitrogen and oxygen atoms in total. The van der Waals surface area contributed by atoms with Gasteiger partial charge in [-0.15, -0.1) is 5.23 Å². The molecule has 0 aromatic heterocycles. The van der Waals surface area contributed by atoms with Crippen molar-refractivity contribution in [2.45, 2.75) is 13.0 Å². The molecule has 13 heavy (non-hydrogen) atoms. The van der Waals surface area contributed by atoms with E-state index in [1.54, 1.807) is 0 Å². The third kappa shape index (κ3) is 2.09. The van der Waals surface area contributed by atoms with Gasteiger partial charge in [-0.25, -0.2) is 0 Å². The van der Waals surface area contributed by atoms with Gasteiger partial charge in [-0.2, -0.15) is 0 Å². The van der Waals surface area contributed by atoms with E-state index in [4.69, 9.17) is 15.5 Å². The number of hydrogen-bond acceptors (Lipinski definition) is 5. The van der Waals surface area contributed by atoms with Crippen LogP contribution in [0.5, 0.6) is 5.75 Å². The van der Waals surface area contributed by atoms with Crippen LogP contribution >= 0.6 is 0 Å². The van der Waals surface area contributed by atoms with E-state index in [1.807, 2.05) is 0 Å². The first-order chi connectivity index (χ1) is 6.02. The van der Waals surface area contributed by atoms with E-state index in [0.29, 0.717) is 5.56 Å². The monoisotopic (exact) mass is 184 g/mol. The van der Waals surface area contributed by atoms with E-state index >= 15 is 0 Å². The number of hydrogen-bond donors (Lipinski definition) is 3. The highest BCUT2D eigenvalue weighted by Gasteiger charge is 2.05. The summed E-state index contributed by atoms with van der Waals surface area (Å²) < 4.78 is 0. The van der Waals surface area contributed by atoms with Crippen molar-refractivity contribution in [3.8, 4) is 5.75 Å². The smallest absolute Gasteiger partial charge is 0.0868 e. The van der Waals surface area contributed by atoms with E-state index in [0.717, 1.165) is 6.07 Å². The first-order valence-electron chi connectivity index (χ1n) is 3.69. The van der Waals surface area contributed by atoms with Gasteiger partial charge in [0.15, 0.2) is 0 Å². The van der Waals surface area contributed by atoms with Gasteiger partial charge in [-0.05, 0) is 18.6 Å². The zero-order chi connectivity index (χ0) is 10.0. The summed E-state index contributed by atoms with van der Waals surface area (Å²) >= 11 is 0. The quantitative estimate of drug-likeness (QED) is 0.579. The number of rotatable bonds is 2. The summed E-state index contributed by atoms with van der Waals surface area (Å²) in [4.78, 5) is 0. The summed E-state index contributed by atoms with van der Waals surface area (Å²) in [5.74, 6) is -0.519. The summed E-state index contributed by atoms with van der Waals surface area (Å²) in [5.41, 5.74) is 0.168. The van der Waals surface area contributed by atoms with Gasteiger partial charge in [-0.3, -0.25) is 10.4 Å². The van der Waals surface area contributed by atoms with Crippen LogP contribution in [-0.4, -0.2) is 15.5 Å². The molecule has 0 amide bonds. The average molecular weight is 184 g/mol. The summed E-state index contributed by atoms with van der Waals surface area (Å²) in [6.07, 6.45) is -0.751. The molecule has 0 spiro atoms. The molecule has 0 radical (unpaired) electrons. The number of aliphatic hydroxyl groups is 1. The van der Waals surface area contributed by atoms with Crippen LogP contribution in [0.2, 0.25) is 0 Å². The highest BCUT2D eigenvalue weighted by Crippen LogP contribution is 2.26. The van der Waals surface area contributed by atoms with E-state index in [2.05, 4.69) is 0 Å². The summed E-state index contributed by atoms with van der Waals surface area (Å²) in [7, 11) is 0. The van der Waals surface area contributed by atoms with Gasteiger partial charge in [0.1, 0.15) is 0 Å². The Labute approximate surface area is 75.0 Å². The van der Waals surface area contributed by atoms with Crippen molar-refractivity contribution in [2.24, 2.45) is 0 Å². The summed E-state index contributed by atoms with van der Waals surface area (Å²) in [6, 6.07) is 3.81. The highest BCUT2D eigenvalue weighted by atomic mass is 16.8. The zero-order valence-corrected chi connectivity index (χ0v) is 7.01. The summed E-state index contributed by atoms with van der Waals surface area (Å²) in [6.45, 7) is 1.52. The predicted octanol–water partition coefficient (Wildman–Crippen LogP) is 0.398. The number of benzene rings is 1. The van der Waals surface area contributed by atoms with Crippen molar-refractivity contribution in [2.75, 3.05) is 5.23 Å². The Bertz CT molecular complexity index is 298. The number of anilines is 1. The first-order valence-corrected chi connectivity index (χ1v) is 3.69. The molecule has 0 aliphatic heterocycles. The molecule has 0 heterocycles. The number of nitrogens with zero attached hydrogens (tertiary/aromatic N) is 1. The minimum atomic E-state index is -0.751. The van der Waals surface area contributed by atoms with Crippen LogP contribution in [-0.2, 0) is 0 Å². The van der Waals surface area contributed by atoms with Gasteiger partial charge >= 0.3 is 0 Å². The van der Waals surface area contributed by atoms with Crippen LogP contribution in [0, 0.1) is 0 Å². The van der Waals surface area contributed by atoms with E-state index < -0.39 is 11.9 Å². The Kier molecular flexibility index (Phi) is 2.72. The molecule has 0 fully saturated rings. The molecular formula is C8H10NO4-. The molecule has 0 unspecified atom stereocenters. The Morgan fingerprint density at radius 3 is 2.46 bits per heavy atom. The second-order valence-electron chi connectivity index (χ2n) is 2.69. The van der Waals surface area contributed by atoms with Crippen molar-refractivity contribution in [3.05, 3.63) is 23.8 Å². The molecule has 1 aromatic carbocycles. The fourth-order valence-corrected chi connectivity index (χ4v) is 0.951. The number of aliphatic hydroxyl groups excluding tert-OH is 1. The highest BCUT2D eigenvalue weighted by molar-refractivity contribution is 5.55. The van der Waals surface area contributed by atoms with Gasteiger partial charge in [0.25, 0.3) is 0 Å². The Morgan fingerprint density at radius 2 is 2.00 bits per heavy atom. The standard InChI is InChI=1S/C8H11NO4/c1-5(10)6-2-3-8(11)7(4-6)9(12)13/h2-5,10-13H,1H3/p-1/t5-/m0/s1. The van der Waals surface area contributed by atoms with Crippen LogP contribution in [0.1, 0.15) is 18.6 Å². The van der Waals surface area contributed by atoms with Crippen LogP contribution in [0.15, 0.2) is 18.2 Å². The van der Waals surface area contributed by atoms with Crippen LogP contribution in [0.25, 0.3) is 0 Å². The molecule has 0 saturated carbocycles. The maximum Gasteiger partial charge on any atom is 0.0868 e. The second kappa shape index (κ2) is 3.61. The van der Waals surface area contributed by atoms with Crippen molar-refractivity contribution in [1.82, 2.24) is 0 Å². The van der Waals surface area contributed by atoms with Crippen LogP contribution in [0.3, 0.4) is 0 Å². The van der Waals surface area contributed by atoms with Gasteiger partial charge in [-0.1, -0.05) is 17.9 Å². The average Bonchev–Trinajstić information content (AvgIpc) is 2.04. The first kappa shape index (κ1) is 9.79. The Hall–Kier alpha value is -1.30. The lowest BCUT2D eigenvalue weighted by atomic mass is 10.1. The fraction of sp³-hybridized carbons (Fsp3) is 0.250. The summed E-state index contributed by atoms with van der Waals surface area (Å²) in [5, 5.41) is 37.1. The maximum atomic E-state index is 11.0. The van der Waals surface area contributed by atoms with Crippen LogP contribution in [0.4, 0.5) is 5.69 Å². The fourth-order valence-electron chi connectivity index (χ4n) is 0.951. The lowest BCUT2D eigenvalue weighted by molar-refractivity contribution is -0.268. The normalized spacial score (nSPS) is 12.6. The molecule has 3 N–H and O–H groups in total. The topological polar surface area (TPSA) is 87.0 Å². The second-order valence-corrected chi connectivity index (χ2v) is 2.69. The lowest BCUT2D eigenvalue weighted by Crippen LogP contribution is -2.14. The third-order valence-electron chi connectivity index (χ3n) is 1.68. The van der Waals surface area contributed by atoms with E-state index in [-0.39, 0.29) is 10.9 Å². The molecule has 1 aromatic rings. The van der Waals surface area contributed by atoms with Crippen molar-refractivity contribution in [1.29, 1.82) is 0 Å². The minimum Gasteiger partial charge on any atom is -0.871 e. The lowest BCUT2D eigenvalue weighted by Gasteiger charge is -2.18. The van der Waals surface area contributed by atoms with Gasteiger partial charge in [0.2, 0.25) is 0 Å². The predicted molar refractivity (Wildman–Crippen MR) is 42.6 cm³/mol. The van der Waals surface area contributed by atoms with E-state index in [9.17, 15) is 5.11 Å². The molecular weight excluding hydrogens is 174 g/mol. The van der Waals surface area contributed by atoms with Gasteiger partial charge in [0.05, 0.1) is 11.8 Å². The SMILES string of the molecule is C[C@H](O)c1ccc([O-])c(N(O)O)c1. The molecule has 1 rings (SSSR count). The minimum absolute atomic E-state index is 0.256. The molecule has 1 atom stereocenters. The van der Waals surface area contributed by atoms with E-state index in [1.165, 1.54) is 19.1 Å². The third-order valence-corrected chi connectivity index (χ3v) is 1.68. The largest absolute Gasteiger partial charge is 0.871 e. The van der Waals surface area contributed by atoms with Crippen LogP contribution < -0.4 is 10.3 Å². The molecule has 0 aliphatic rings. The Balaban J connectivity index is 3.11. The molecule has 5 heteroatoms. The Morgan fingerprint density at radius 1 is 1.38 bits per heavy atom. The van der Waals surface area contributed by atoms with Crippen molar-refractivity contribution < 1.29 is 20.6 Å². The van der Waals surface area contributed by atoms with Gasteiger partial charge < -0.3 is 10.2 Å². The maximum absolute atomic E-state index is 11.0. The van der Waals surface area contributed by atoms with Crippen molar-refractivity contribution in [3.63, 3.8) is 0 Å². The molecule has 0 aliphatic carbocycles. The molecule has 72 valence electrons. The van der Waals surface area contributed by atoms with Crippen molar-refractivity contribution >= 4 is 5.69 Å². The zero-order valence-electron chi connectivity index (χ0n) is 7.01. The molecule has 0 bridgehead atoms. The molecule has 0 saturated heterocycles.